The lowest BCUT2D eigenvalue weighted by Crippen LogP contribution is -2.11. The molecule has 0 aliphatic rings. The van der Waals surface area contributed by atoms with Crippen molar-refractivity contribution in [2.75, 3.05) is 28.4 Å². The predicted molar refractivity (Wildman–Crippen MR) is 64.1 cm³/mol. The zero-order valence-corrected chi connectivity index (χ0v) is 10.7. The van der Waals surface area contributed by atoms with Gasteiger partial charge in [0.25, 0.3) is 0 Å². The van der Waals surface area contributed by atoms with Crippen molar-refractivity contribution < 1.29 is 19.0 Å². The molecule has 0 saturated heterocycles. The molecule has 5 nitrogen and oxygen atoms in total. The van der Waals surface area contributed by atoms with Crippen molar-refractivity contribution in [3.8, 4) is 11.5 Å². The van der Waals surface area contributed by atoms with Crippen molar-refractivity contribution in [3.05, 3.63) is 23.3 Å². The number of hydrogen-bond acceptors (Lipinski definition) is 5. The predicted octanol–water partition coefficient (Wildman–Crippen LogP) is 1.50. The molecule has 0 amide bonds. The van der Waals surface area contributed by atoms with Gasteiger partial charge in [0.1, 0.15) is 11.5 Å². The molecular weight excluding hydrogens is 222 g/mol. The van der Waals surface area contributed by atoms with E-state index in [2.05, 4.69) is 5.48 Å². The lowest BCUT2D eigenvalue weighted by Gasteiger charge is -2.15. The van der Waals surface area contributed by atoms with Gasteiger partial charge in [-0.1, -0.05) is 0 Å². The minimum Gasteiger partial charge on any atom is -0.496 e. The van der Waals surface area contributed by atoms with Crippen molar-refractivity contribution in [2.45, 2.75) is 13.2 Å². The zero-order chi connectivity index (χ0) is 12.7. The lowest BCUT2D eigenvalue weighted by atomic mass is 10.1. The van der Waals surface area contributed by atoms with E-state index in [-0.39, 0.29) is 0 Å². The van der Waals surface area contributed by atoms with Crippen LogP contribution in [-0.2, 0) is 22.7 Å². The Balaban J connectivity index is 3.05. The van der Waals surface area contributed by atoms with Gasteiger partial charge in [-0.05, 0) is 17.7 Å². The van der Waals surface area contributed by atoms with Crippen LogP contribution in [0.3, 0.4) is 0 Å². The Hall–Kier alpha value is -1.30. The van der Waals surface area contributed by atoms with Crippen LogP contribution in [0.15, 0.2) is 12.1 Å². The van der Waals surface area contributed by atoms with E-state index < -0.39 is 0 Å². The minimum absolute atomic E-state index is 0.449. The second-order valence-corrected chi connectivity index (χ2v) is 3.44. The molecule has 0 unspecified atom stereocenters. The van der Waals surface area contributed by atoms with Gasteiger partial charge in [0, 0.05) is 13.7 Å². The standard InChI is InChI=1S/C12H19NO4/c1-14-8-10-11(15-2)5-9(7-13-17-4)6-12(10)16-3/h5-6,13H,7-8H2,1-4H3. The van der Waals surface area contributed by atoms with Crippen LogP contribution in [0.4, 0.5) is 0 Å². The number of hydroxylamine groups is 1. The van der Waals surface area contributed by atoms with Crippen LogP contribution in [-0.4, -0.2) is 28.4 Å². The summed E-state index contributed by atoms with van der Waals surface area (Å²) in [7, 11) is 6.47. The molecular formula is C12H19NO4. The van der Waals surface area contributed by atoms with Gasteiger partial charge in [-0.25, -0.2) is 0 Å². The Morgan fingerprint density at radius 2 is 1.59 bits per heavy atom. The fourth-order valence-electron chi connectivity index (χ4n) is 1.58. The third kappa shape index (κ3) is 3.59. The first-order valence-corrected chi connectivity index (χ1v) is 5.25. The molecule has 0 radical (unpaired) electrons. The Kier molecular flexibility index (Phi) is 5.76. The molecule has 96 valence electrons. The van der Waals surface area contributed by atoms with Gasteiger partial charge in [0.05, 0.1) is 33.5 Å². The van der Waals surface area contributed by atoms with E-state index in [4.69, 9.17) is 19.0 Å². The molecule has 5 heteroatoms. The van der Waals surface area contributed by atoms with Crippen molar-refractivity contribution >= 4 is 0 Å². The summed E-state index contributed by atoms with van der Waals surface area (Å²) in [6, 6.07) is 3.87. The highest BCUT2D eigenvalue weighted by molar-refractivity contribution is 5.47. The fourth-order valence-corrected chi connectivity index (χ4v) is 1.58. The van der Waals surface area contributed by atoms with Gasteiger partial charge in [-0.3, -0.25) is 0 Å². The minimum atomic E-state index is 0.449. The van der Waals surface area contributed by atoms with Crippen LogP contribution in [0, 0.1) is 0 Å². The smallest absolute Gasteiger partial charge is 0.128 e. The average molecular weight is 241 g/mol. The summed E-state index contributed by atoms with van der Waals surface area (Å²) in [5.41, 5.74) is 4.69. The SMILES string of the molecule is COCc1c(OC)cc(CNOC)cc1OC. The van der Waals surface area contributed by atoms with Gasteiger partial charge in [0.2, 0.25) is 0 Å². The van der Waals surface area contributed by atoms with Gasteiger partial charge >= 0.3 is 0 Å². The third-order valence-corrected chi connectivity index (χ3v) is 2.38. The van der Waals surface area contributed by atoms with E-state index in [0.29, 0.717) is 13.2 Å². The number of nitrogens with one attached hydrogen (secondary N) is 1. The molecule has 17 heavy (non-hydrogen) atoms. The maximum atomic E-state index is 5.33. The van der Waals surface area contributed by atoms with Crippen LogP contribution >= 0.6 is 0 Å². The van der Waals surface area contributed by atoms with Crippen LogP contribution in [0.25, 0.3) is 0 Å². The summed E-state index contributed by atoms with van der Waals surface area (Å²) in [4.78, 5) is 4.81. The number of methoxy groups -OCH3 is 3. The maximum Gasteiger partial charge on any atom is 0.128 e. The lowest BCUT2D eigenvalue weighted by molar-refractivity contribution is 0.0866. The molecule has 0 aliphatic carbocycles. The van der Waals surface area contributed by atoms with E-state index >= 15 is 0 Å². The fraction of sp³-hybridized carbons (Fsp3) is 0.500. The third-order valence-electron chi connectivity index (χ3n) is 2.38. The van der Waals surface area contributed by atoms with Gasteiger partial charge in [-0.15, -0.1) is 0 Å². The second kappa shape index (κ2) is 7.11. The summed E-state index contributed by atoms with van der Waals surface area (Å²) in [6.07, 6.45) is 0. The number of hydrogen-bond donors (Lipinski definition) is 1. The molecule has 1 aromatic rings. The van der Waals surface area contributed by atoms with Crippen LogP contribution in [0.2, 0.25) is 0 Å². The quantitative estimate of drug-likeness (QED) is 0.733. The highest BCUT2D eigenvalue weighted by atomic mass is 16.6. The van der Waals surface area contributed by atoms with E-state index in [9.17, 15) is 0 Å². The maximum absolute atomic E-state index is 5.33. The summed E-state index contributed by atoms with van der Waals surface area (Å²) >= 11 is 0. The molecule has 0 spiro atoms. The monoisotopic (exact) mass is 241 g/mol. The Morgan fingerprint density at radius 3 is 2.00 bits per heavy atom. The largest absolute Gasteiger partial charge is 0.496 e. The molecule has 0 aliphatic heterocycles. The molecule has 1 N–H and O–H groups in total. The Bertz CT molecular complexity index is 329. The molecule has 0 atom stereocenters. The van der Waals surface area contributed by atoms with Gasteiger partial charge in [-0.2, -0.15) is 5.48 Å². The van der Waals surface area contributed by atoms with E-state index in [1.165, 1.54) is 0 Å². The molecule has 0 aromatic heterocycles. The normalized spacial score (nSPS) is 10.4. The zero-order valence-electron chi connectivity index (χ0n) is 10.7. The Labute approximate surface area is 102 Å². The molecule has 0 heterocycles. The van der Waals surface area contributed by atoms with Gasteiger partial charge in [0.15, 0.2) is 0 Å². The van der Waals surface area contributed by atoms with Crippen molar-refractivity contribution in [3.63, 3.8) is 0 Å². The van der Waals surface area contributed by atoms with E-state index in [1.54, 1.807) is 28.4 Å². The summed E-state index contributed by atoms with van der Waals surface area (Å²) in [5.74, 6) is 1.50. The van der Waals surface area contributed by atoms with E-state index in [1.807, 2.05) is 12.1 Å². The van der Waals surface area contributed by atoms with Crippen molar-refractivity contribution in [2.24, 2.45) is 0 Å². The molecule has 1 rings (SSSR count). The summed E-state index contributed by atoms with van der Waals surface area (Å²) < 4.78 is 15.8. The summed E-state index contributed by atoms with van der Waals surface area (Å²) in [5, 5.41) is 0. The van der Waals surface area contributed by atoms with E-state index in [0.717, 1.165) is 22.6 Å². The van der Waals surface area contributed by atoms with Crippen LogP contribution < -0.4 is 15.0 Å². The summed E-state index contributed by atoms with van der Waals surface area (Å²) in [6.45, 7) is 1.03. The molecule has 1 aromatic carbocycles. The topological polar surface area (TPSA) is 49.0 Å². The second-order valence-electron chi connectivity index (χ2n) is 3.44. The Morgan fingerprint density at radius 1 is 1.00 bits per heavy atom. The molecule has 0 saturated carbocycles. The number of rotatable bonds is 7. The highest BCUT2D eigenvalue weighted by Gasteiger charge is 2.12. The number of benzene rings is 1. The van der Waals surface area contributed by atoms with Gasteiger partial charge < -0.3 is 19.0 Å². The van der Waals surface area contributed by atoms with Crippen molar-refractivity contribution in [1.82, 2.24) is 5.48 Å². The number of ether oxygens (including phenoxy) is 3. The van der Waals surface area contributed by atoms with Crippen molar-refractivity contribution in [1.29, 1.82) is 0 Å². The molecule has 0 fully saturated rings. The highest BCUT2D eigenvalue weighted by Crippen LogP contribution is 2.31. The first kappa shape index (κ1) is 13.8. The van der Waals surface area contributed by atoms with Crippen LogP contribution in [0.1, 0.15) is 11.1 Å². The molecule has 0 bridgehead atoms. The first-order chi connectivity index (χ1) is 8.26. The average Bonchev–Trinajstić information content (AvgIpc) is 2.37. The van der Waals surface area contributed by atoms with Crippen LogP contribution in [0.5, 0.6) is 11.5 Å². The first-order valence-electron chi connectivity index (χ1n) is 5.25.